The molecule has 2 heterocycles. The van der Waals surface area contributed by atoms with Gasteiger partial charge in [0.2, 0.25) is 5.28 Å². The molecule has 0 bridgehead atoms. The van der Waals surface area contributed by atoms with Crippen molar-refractivity contribution in [2.75, 3.05) is 37.6 Å². The topological polar surface area (TPSA) is 45.2 Å². The first-order valence-corrected chi connectivity index (χ1v) is 6.00. The Kier molecular flexibility index (Phi) is 3.90. The van der Waals surface area contributed by atoms with Gasteiger partial charge in [-0.2, -0.15) is 10.1 Å². The van der Waals surface area contributed by atoms with Gasteiger partial charge in [-0.15, -0.1) is 5.10 Å². The molecule has 2 rings (SSSR count). The molecule has 1 saturated heterocycles. The molecular weight excluding hydrogens is 226 g/mol. The predicted octanol–water partition coefficient (Wildman–Crippen LogP) is 1.06. The maximum atomic E-state index is 5.72. The van der Waals surface area contributed by atoms with Crippen LogP contribution < -0.4 is 4.90 Å². The van der Waals surface area contributed by atoms with Crippen LogP contribution in [0, 0.1) is 0 Å². The van der Waals surface area contributed by atoms with Gasteiger partial charge >= 0.3 is 0 Å². The summed E-state index contributed by atoms with van der Waals surface area (Å²) >= 11 is 5.72. The van der Waals surface area contributed by atoms with E-state index < -0.39 is 0 Å². The van der Waals surface area contributed by atoms with Crippen LogP contribution in [0.4, 0.5) is 5.82 Å². The van der Waals surface area contributed by atoms with Crippen LogP contribution in [0.3, 0.4) is 0 Å². The van der Waals surface area contributed by atoms with Crippen LogP contribution in [-0.4, -0.2) is 52.8 Å². The van der Waals surface area contributed by atoms with E-state index in [4.69, 9.17) is 11.6 Å². The SMILES string of the molecule is CCCN1CCN(c2cnnc(Cl)n2)CC1. The van der Waals surface area contributed by atoms with Gasteiger partial charge in [-0.25, -0.2) is 0 Å². The Morgan fingerprint density at radius 1 is 1.31 bits per heavy atom. The number of halogens is 1. The van der Waals surface area contributed by atoms with Crippen molar-refractivity contribution in [1.82, 2.24) is 20.1 Å². The Hall–Kier alpha value is -0.940. The molecule has 0 unspecified atom stereocenters. The lowest BCUT2D eigenvalue weighted by Gasteiger charge is -2.34. The first kappa shape index (κ1) is 11.5. The minimum absolute atomic E-state index is 0.216. The first-order chi connectivity index (χ1) is 7.79. The third kappa shape index (κ3) is 2.80. The maximum absolute atomic E-state index is 5.72. The van der Waals surface area contributed by atoms with Crippen molar-refractivity contribution in [3.8, 4) is 0 Å². The molecule has 0 N–H and O–H groups in total. The Labute approximate surface area is 100 Å². The molecule has 0 radical (unpaired) electrons. The number of anilines is 1. The fourth-order valence-corrected chi connectivity index (χ4v) is 2.07. The van der Waals surface area contributed by atoms with E-state index in [2.05, 4.69) is 31.9 Å². The van der Waals surface area contributed by atoms with Crippen LogP contribution >= 0.6 is 11.6 Å². The standard InChI is InChI=1S/C10H16ClN5/c1-2-3-15-4-6-16(7-5-15)9-8-12-14-10(11)13-9/h8H,2-7H2,1H3. The molecule has 5 nitrogen and oxygen atoms in total. The normalized spacial score (nSPS) is 17.8. The van der Waals surface area contributed by atoms with E-state index >= 15 is 0 Å². The van der Waals surface area contributed by atoms with E-state index in [1.54, 1.807) is 6.20 Å². The second-order valence-electron chi connectivity index (χ2n) is 3.91. The fraction of sp³-hybridized carbons (Fsp3) is 0.700. The molecule has 1 aliphatic rings. The van der Waals surface area contributed by atoms with Gasteiger partial charge < -0.3 is 4.90 Å². The monoisotopic (exact) mass is 241 g/mol. The van der Waals surface area contributed by atoms with Crippen LogP contribution in [0.25, 0.3) is 0 Å². The summed E-state index contributed by atoms with van der Waals surface area (Å²) in [7, 11) is 0. The van der Waals surface area contributed by atoms with Crippen molar-refractivity contribution >= 4 is 17.4 Å². The Morgan fingerprint density at radius 3 is 2.69 bits per heavy atom. The average molecular weight is 242 g/mol. The summed E-state index contributed by atoms with van der Waals surface area (Å²) in [5.74, 6) is 0.830. The van der Waals surface area contributed by atoms with E-state index in [-0.39, 0.29) is 5.28 Å². The average Bonchev–Trinajstić information content (AvgIpc) is 2.30. The molecule has 0 saturated carbocycles. The lowest BCUT2D eigenvalue weighted by atomic mass is 10.3. The van der Waals surface area contributed by atoms with E-state index in [1.165, 1.54) is 13.0 Å². The van der Waals surface area contributed by atoms with Gasteiger partial charge in [0.25, 0.3) is 0 Å². The largest absolute Gasteiger partial charge is 0.353 e. The second-order valence-corrected chi connectivity index (χ2v) is 4.25. The van der Waals surface area contributed by atoms with Crippen molar-refractivity contribution in [3.63, 3.8) is 0 Å². The van der Waals surface area contributed by atoms with Crippen molar-refractivity contribution < 1.29 is 0 Å². The van der Waals surface area contributed by atoms with E-state index in [0.29, 0.717) is 0 Å². The van der Waals surface area contributed by atoms with Gasteiger partial charge in [0.1, 0.15) is 0 Å². The van der Waals surface area contributed by atoms with Crippen LogP contribution in [-0.2, 0) is 0 Å². The molecule has 6 heteroatoms. The van der Waals surface area contributed by atoms with Crippen LogP contribution in [0.15, 0.2) is 6.20 Å². The molecular formula is C10H16ClN5. The Bertz CT molecular complexity index is 338. The molecule has 1 fully saturated rings. The quantitative estimate of drug-likeness (QED) is 0.792. The van der Waals surface area contributed by atoms with Gasteiger partial charge in [-0.3, -0.25) is 4.90 Å². The molecule has 0 atom stereocenters. The summed E-state index contributed by atoms with van der Waals surface area (Å²) < 4.78 is 0. The van der Waals surface area contributed by atoms with Gasteiger partial charge in [-0.05, 0) is 24.6 Å². The summed E-state index contributed by atoms with van der Waals surface area (Å²) in [6.45, 7) is 7.51. The second kappa shape index (κ2) is 5.41. The summed E-state index contributed by atoms with van der Waals surface area (Å²) in [5.41, 5.74) is 0. The minimum atomic E-state index is 0.216. The molecule has 1 aromatic heterocycles. The molecule has 0 amide bonds. The van der Waals surface area contributed by atoms with Crippen molar-refractivity contribution in [2.24, 2.45) is 0 Å². The van der Waals surface area contributed by atoms with Gasteiger partial charge in [0.15, 0.2) is 5.82 Å². The first-order valence-electron chi connectivity index (χ1n) is 5.62. The number of piperazine rings is 1. The third-order valence-corrected chi connectivity index (χ3v) is 2.92. The van der Waals surface area contributed by atoms with Gasteiger partial charge in [-0.1, -0.05) is 6.92 Å². The highest BCUT2D eigenvalue weighted by atomic mass is 35.5. The molecule has 16 heavy (non-hydrogen) atoms. The molecule has 1 aliphatic heterocycles. The summed E-state index contributed by atoms with van der Waals surface area (Å²) in [6, 6.07) is 0. The Morgan fingerprint density at radius 2 is 2.06 bits per heavy atom. The zero-order chi connectivity index (χ0) is 11.4. The number of rotatable bonds is 3. The molecule has 0 spiro atoms. The summed E-state index contributed by atoms with van der Waals surface area (Å²) in [6.07, 6.45) is 2.88. The van der Waals surface area contributed by atoms with E-state index in [1.807, 2.05) is 0 Å². The van der Waals surface area contributed by atoms with E-state index in [0.717, 1.165) is 32.0 Å². The highest BCUT2D eigenvalue weighted by Crippen LogP contribution is 2.13. The van der Waals surface area contributed by atoms with Crippen molar-refractivity contribution in [3.05, 3.63) is 11.5 Å². The molecule has 88 valence electrons. The molecule has 0 aliphatic carbocycles. The number of aromatic nitrogens is 3. The zero-order valence-electron chi connectivity index (χ0n) is 9.43. The minimum Gasteiger partial charge on any atom is -0.353 e. The number of nitrogens with zero attached hydrogens (tertiary/aromatic N) is 5. The Balaban J connectivity index is 1.94. The highest BCUT2D eigenvalue weighted by Gasteiger charge is 2.17. The van der Waals surface area contributed by atoms with Crippen molar-refractivity contribution in [2.45, 2.75) is 13.3 Å². The van der Waals surface area contributed by atoms with Crippen LogP contribution in [0.1, 0.15) is 13.3 Å². The maximum Gasteiger partial charge on any atom is 0.244 e. The predicted molar refractivity (Wildman–Crippen MR) is 63.8 cm³/mol. The number of hydrogen-bond donors (Lipinski definition) is 0. The smallest absolute Gasteiger partial charge is 0.244 e. The highest BCUT2D eigenvalue weighted by molar-refractivity contribution is 6.28. The van der Waals surface area contributed by atoms with Gasteiger partial charge in [0, 0.05) is 26.2 Å². The van der Waals surface area contributed by atoms with Crippen LogP contribution in [0.2, 0.25) is 5.28 Å². The lowest BCUT2D eigenvalue weighted by molar-refractivity contribution is 0.258. The van der Waals surface area contributed by atoms with E-state index in [9.17, 15) is 0 Å². The summed E-state index contributed by atoms with van der Waals surface area (Å²) in [4.78, 5) is 8.83. The fourth-order valence-electron chi connectivity index (χ4n) is 1.94. The molecule has 0 aromatic carbocycles. The molecule has 1 aromatic rings. The van der Waals surface area contributed by atoms with Crippen LogP contribution in [0.5, 0.6) is 0 Å². The third-order valence-electron chi connectivity index (χ3n) is 2.76. The number of hydrogen-bond acceptors (Lipinski definition) is 5. The van der Waals surface area contributed by atoms with Gasteiger partial charge in [0.05, 0.1) is 6.20 Å². The zero-order valence-corrected chi connectivity index (χ0v) is 10.2. The summed E-state index contributed by atoms with van der Waals surface area (Å²) in [5, 5.41) is 7.68. The lowest BCUT2D eigenvalue weighted by Crippen LogP contribution is -2.46. The van der Waals surface area contributed by atoms with Crippen molar-refractivity contribution in [1.29, 1.82) is 0 Å².